The van der Waals surface area contributed by atoms with Gasteiger partial charge in [0.2, 0.25) is 0 Å². The maximum absolute atomic E-state index is 13.0. The molecule has 0 saturated carbocycles. The largest absolute Gasteiger partial charge is 0.489 e. The first kappa shape index (κ1) is 18.8. The first-order valence-corrected chi connectivity index (χ1v) is 9.88. The van der Waals surface area contributed by atoms with Crippen LogP contribution in [0.1, 0.15) is 23.2 Å². The highest BCUT2D eigenvalue weighted by Crippen LogP contribution is 2.28. The van der Waals surface area contributed by atoms with E-state index in [-0.39, 0.29) is 12.0 Å². The van der Waals surface area contributed by atoms with E-state index in [1.807, 2.05) is 48.5 Å². The molecule has 6 heteroatoms. The maximum atomic E-state index is 13.0. The summed E-state index contributed by atoms with van der Waals surface area (Å²) >= 11 is 0. The van der Waals surface area contributed by atoms with Crippen LogP contribution in [0.15, 0.2) is 48.5 Å². The number of ether oxygens (including phenoxy) is 3. The molecule has 6 nitrogen and oxygen atoms in total. The minimum atomic E-state index is -0.143. The zero-order chi connectivity index (χ0) is 19.2. The molecule has 0 radical (unpaired) electrons. The van der Waals surface area contributed by atoms with E-state index in [1.54, 1.807) is 0 Å². The normalized spacial score (nSPS) is 19.4. The van der Waals surface area contributed by atoms with E-state index in [1.165, 1.54) is 0 Å². The lowest BCUT2D eigenvalue weighted by Crippen LogP contribution is -2.37. The van der Waals surface area contributed by atoms with Gasteiger partial charge < -0.3 is 24.4 Å². The predicted molar refractivity (Wildman–Crippen MR) is 108 cm³/mol. The van der Waals surface area contributed by atoms with Crippen LogP contribution in [-0.2, 0) is 9.47 Å². The van der Waals surface area contributed by atoms with Gasteiger partial charge >= 0.3 is 0 Å². The van der Waals surface area contributed by atoms with Crippen molar-refractivity contribution in [3.05, 3.63) is 54.1 Å². The second kappa shape index (κ2) is 9.08. The van der Waals surface area contributed by atoms with Crippen molar-refractivity contribution in [2.75, 3.05) is 49.7 Å². The Labute approximate surface area is 165 Å². The van der Waals surface area contributed by atoms with Crippen molar-refractivity contribution in [3.8, 4) is 5.75 Å². The highest BCUT2D eigenvalue weighted by molar-refractivity contribution is 6.08. The lowest BCUT2D eigenvalue weighted by Gasteiger charge is -2.30. The Kier molecular flexibility index (Phi) is 6.09. The zero-order valence-electron chi connectivity index (χ0n) is 15.9. The molecule has 0 bridgehead atoms. The Morgan fingerprint density at radius 3 is 2.68 bits per heavy atom. The Bertz CT molecular complexity index is 799. The number of nitrogens with zero attached hydrogens (tertiary/aromatic N) is 1. The van der Waals surface area contributed by atoms with Crippen LogP contribution in [0.3, 0.4) is 0 Å². The van der Waals surface area contributed by atoms with Crippen LogP contribution in [0.4, 0.5) is 11.4 Å². The summed E-state index contributed by atoms with van der Waals surface area (Å²) in [6, 6.07) is 15.2. The van der Waals surface area contributed by atoms with Crippen LogP contribution >= 0.6 is 0 Å². The van der Waals surface area contributed by atoms with E-state index in [4.69, 9.17) is 14.2 Å². The minimum absolute atomic E-state index is 0.130. The van der Waals surface area contributed by atoms with Gasteiger partial charge in [-0.05, 0) is 37.1 Å². The average molecular weight is 382 g/mol. The summed E-state index contributed by atoms with van der Waals surface area (Å²) in [5.41, 5.74) is 2.25. The summed E-state index contributed by atoms with van der Waals surface area (Å²) in [5, 5.41) is 3.02. The van der Waals surface area contributed by atoms with Crippen molar-refractivity contribution >= 4 is 17.3 Å². The summed E-state index contributed by atoms with van der Waals surface area (Å²) in [7, 11) is 0. The first-order valence-electron chi connectivity index (χ1n) is 9.88. The molecule has 148 valence electrons. The molecular weight excluding hydrogens is 356 g/mol. The van der Waals surface area contributed by atoms with Gasteiger partial charge in [-0.1, -0.05) is 24.3 Å². The molecule has 4 rings (SSSR count). The van der Waals surface area contributed by atoms with Gasteiger partial charge in [0.25, 0.3) is 5.91 Å². The minimum Gasteiger partial charge on any atom is -0.489 e. The number of hydrogen-bond donors (Lipinski definition) is 1. The van der Waals surface area contributed by atoms with Gasteiger partial charge in [0.1, 0.15) is 12.4 Å². The van der Waals surface area contributed by atoms with Gasteiger partial charge in [0.05, 0.1) is 30.6 Å². The van der Waals surface area contributed by atoms with E-state index in [0.717, 1.165) is 38.2 Å². The molecule has 2 aromatic carbocycles. The summed E-state index contributed by atoms with van der Waals surface area (Å²) in [6.45, 7) is 4.21. The third kappa shape index (κ3) is 4.46. The fourth-order valence-corrected chi connectivity index (χ4v) is 3.59. The molecule has 1 amide bonds. The van der Waals surface area contributed by atoms with E-state index >= 15 is 0 Å². The smallest absolute Gasteiger partial charge is 0.257 e. The van der Waals surface area contributed by atoms with Crippen LogP contribution in [0.25, 0.3) is 0 Å². The number of rotatable bonds is 6. The molecule has 2 heterocycles. The number of morpholine rings is 1. The molecule has 0 spiro atoms. The Balaban J connectivity index is 1.48. The molecular formula is C22H26N2O4. The van der Waals surface area contributed by atoms with E-state index in [0.29, 0.717) is 36.8 Å². The number of carbonyl (C=O) groups is 1. The molecule has 1 atom stereocenters. The molecule has 2 aromatic rings. The fourth-order valence-electron chi connectivity index (χ4n) is 3.59. The van der Waals surface area contributed by atoms with Gasteiger partial charge in [-0.3, -0.25) is 4.79 Å². The Morgan fingerprint density at radius 1 is 1.07 bits per heavy atom. The van der Waals surface area contributed by atoms with Crippen molar-refractivity contribution in [1.82, 2.24) is 0 Å². The molecule has 2 aliphatic heterocycles. The average Bonchev–Trinajstić information content (AvgIpc) is 3.27. The SMILES string of the molecule is O=C(Nc1ccccc1OCC1CCCO1)c1ccccc1N1CCOCC1. The Hall–Kier alpha value is -2.57. The van der Waals surface area contributed by atoms with Gasteiger partial charge in [-0.25, -0.2) is 0 Å². The van der Waals surface area contributed by atoms with Crippen molar-refractivity contribution in [1.29, 1.82) is 0 Å². The maximum Gasteiger partial charge on any atom is 0.257 e. The van der Waals surface area contributed by atoms with Gasteiger partial charge in [0, 0.05) is 25.4 Å². The number of anilines is 2. The molecule has 2 saturated heterocycles. The van der Waals surface area contributed by atoms with E-state index < -0.39 is 0 Å². The standard InChI is InChI=1S/C22H26N2O4/c25-22(18-7-1-3-9-20(18)24-11-14-26-15-12-24)23-19-8-2-4-10-21(19)28-16-17-6-5-13-27-17/h1-4,7-10,17H,5-6,11-16H2,(H,23,25). The van der Waals surface area contributed by atoms with E-state index in [9.17, 15) is 4.79 Å². The van der Waals surface area contributed by atoms with Crippen LogP contribution < -0.4 is 15.0 Å². The van der Waals surface area contributed by atoms with E-state index in [2.05, 4.69) is 10.2 Å². The molecule has 2 fully saturated rings. The number of nitrogens with one attached hydrogen (secondary N) is 1. The van der Waals surface area contributed by atoms with Crippen molar-refractivity contribution in [3.63, 3.8) is 0 Å². The first-order chi connectivity index (χ1) is 13.8. The molecule has 1 unspecified atom stereocenters. The third-order valence-electron chi connectivity index (χ3n) is 5.08. The molecule has 0 aliphatic carbocycles. The second-order valence-corrected chi connectivity index (χ2v) is 7.01. The summed E-state index contributed by atoms with van der Waals surface area (Å²) < 4.78 is 17.0. The lowest BCUT2D eigenvalue weighted by atomic mass is 10.1. The van der Waals surface area contributed by atoms with Gasteiger partial charge in [-0.2, -0.15) is 0 Å². The third-order valence-corrected chi connectivity index (χ3v) is 5.08. The summed E-state index contributed by atoms with van der Waals surface area (Å²) in [4.78, 5) is 15.2. The molecule has 0 aromatic heterocycles. The quantitative estimate of drug-likeness (QED) is 0.830. The predicted octanol–water partition coefficient (Wildman–Crippen LogP) is 3.33. The second-order valence-electron chi connectivity index (χ2n) is 7.01. The van der Waals surface area contributed by atoms with Crippen LogP contribution in [-0.4, -0.2) is 51.5 Å². The highest BCUT2D eigenvalue weighted by Gasteiger charge is 2.20. The number of benzene rings is 2. The van der Waals surface area contributed by atoms with Crippen molar-refractivity contribution in [2.45, 2.75) is 18.9 Å². The number of hydrogen-bond acceptors (Lipinski definition) is 5. The lowest BCUT2D eigenvalue weighted by molar-refractivity contribution is 0.0682. The monoisotopic (exact) mass is 382 g/mol. The van der Waals surface area contributed by atoms with Gasteiger partial charge in [0.15, 0.2) is 0 Å². The topological polar surface area (TPSA) is 60.0 Å². The number of para-hydroxylation sites is 3. The van der Waals surface area contributed by atoms with Crippen LogP contribution in [0.5, 0.6) is 5.75 Å². The number of amides is 1. The molecule has 2 aliphatic rings. The van der Waals surface area contributed by atoms with Gasteiger partial charge in [-0.15, -0.1) is 0 Å². The molecule has 1 N–H and O–H groups in total. The van der Waals surface area contributed by atoms with Crippen molar-refractivity contribution < 1.29 is 19.0 Å². The van der Waals surface area contributed by atoms with Crippen LogP contribution in [0, 0.1) is 0 Å². The van der Waals surface area contributed by atoms with Crippen molar-refractivity contribution in [2.24, 2.45) is 0 Å². The van der Waals surface area contributed by atoms with Crippen LogP contribution in [0.2, 0.25) is 0 Å². The summed E-state index contributed by atoms with van der Waals surface area (Å²) in [5.74, 6) is 0.519. The number of carbonyl (C=O) groups excluding carboxylic acids is 1. The summed E-state index contributed by atoms with van der Waals surface area (Å²) in [6.07, 6.45) is 2.22. The molecule has 28 heavy (non-hydrogen) atoms. The fraction of sp³-hybridized carbons (Fsp3) is 0.409. The zero-order valence-corrected chi connectivity index (χ0v) is 15.9. The highest BCUT2D eigenvalue weighted by atomic mass is 16.5. The Morgan fingerprint density at radius 2 is 1.86 bits per heavy atom.